The average Bonchev–Trinajstić information content (AvgIpc) is 3.34. The van der Waals surface area contributed by atoms with Crippen LogP contribution in [-0.2, 0) is 16.6 Å². The predicted octanol–water partition coefficient (Wildman–Crippen LogP) is 3.99. The highest BCUT2D eigenvalue weighted by atomic mass is 32.2. The first-order valence-corrected chi connectivity index (χ1v) is 12.0. The maximum absolute atomic E-state index is 11.5. The Kier molecular flexibility index (Phi) is 5.77. The largest absolute Gasteiger partial charge is 0.502 e. The quantitative estimate of drug-likeness (QED) is 0.546. The van der Waals surface area contributed by atoms with Gasteiger partial charge in [-0.25, -0.2) is 15.0 Å². The first-order chi connectivity index (χ1) is 14.7. The summed E-state index contributed by atoms with van der Waals surface area (Å²) in [6.45, 7) is 11.3. The Morgan fingerprint density at radius 1 is 1.32 bits per heavy atom. The third-order valence-corrected chi connectivity index (χ3v) is 6.31. The summed E-state index contributed by atoms with van der Waals surface area (Å²) in [4.78, 5) is 8.27. The minimum atomic E-state index is -3.79. The number of benzene rings is 2. The Balaban J connectivity index is 1.66. The lowest BCUT2D eigenvalue weighted by Gasteiger charge is -2.12. The Hall–Kier alpha value is -2.84. The fraction of sp³-hybridized carbons (Fsp3) is 0.286. The van der Waals surface area contributed by atoms with Crippen LogP contribution in [0, 0.1) is 6.57 Å². The van der Waals surface area contributed by atoms with Gasteiger partial charge in [0.1, 0.15) is 10.8 Å². The third-order valence-electron chi connectivity index (χ3n) is 4.93. The van der Waals surface area contributed by atoms with Crippen molar-refractivity contribution in [3.63, 3.8) is 0 Å². The smallest absolute Gasteiger partial charge is 0.274 e. The molecule has 0 saturated heterocycles. The van der Waals surface area contributed by atoms with Crippen molar-refractivity contribution < 1.29 is 13.2 Å². The van der Waals surface area contributed by atoms with E-state index < -0.39 is 10.2 Å². The maximum atomic E-state index is 11.5. The molecule has 31 heavy (non-hydrogen) atoms. The highest BCUT2D eigenvalue weighted by molar-refractivity contribution is 7.87. The maximum Gasteiger partial charge on any atom is 0.274 e. The van der Waals surface area contributed by atoms with E-state index in [4.69, 9.17) is 21.4 Å². The van der Waals surface area contributed by atoms with Gasteiger partial charge in [-0.2, -0.15) is 17.5 Å². The molecule has 1 aliphatic rings. The van der Waals surface area contributed by atoms with Gasteiger partial charge >= 0.3 is 0 Å². The number of hydrogen-bond donors (Lipinski definition) is 2. The van der Waals surface area contributed by atoms with E-state index >= 15 is 0 Å². The Morgan fingerprint density at radius 3 is 2.84 bits per heavy atom. The molecule has 0 saturated carbocycles. The van der Waals surface area contributed by atoms with Crippen LogP contribution < -0.4 is 14.6 Å². The fourth-order valence-corrected chi connectivity index (χ4v) is 5.04. The fourth-order valence-electron chi connectivity index (χ4n) is 3.73. The molecule has 1 atom stereocenters. The van der Waals surface area contributed by atoms with Gasteiger partial charge in [-0.1, -0.05) is 24.3 Å². The molecule has 1 aliphatic carbocycles. The summed E-state index contributed by atoms with van der Waals surface area (Å²) in [5, 5.41) is 5.86. The van der Waals surface area contributed by atoms with E-state index in [0.29, 0.717) is 35.1 Å². The highest BCUT2D eigenvalue weighted by Gasteiger charge is 2.28. The molecule has 0 aliphatic heterocycles. The molecular formula is C21H21N5O3S2. The number of nitrogens with two attached hydrogens (primary N) is 1. The van der Waals surface area contributed by atoms with Gasteiger partial charge in [-0.15, -0.1) is 0 Å². The van der Waals surface area contributed by atoms with E-state index in [2.05, 4.69) is 13.9 Å². The SMILES string of the molecule is [C-]#[N+]c1cc(-c2nc(-c3cccc4c3CC[C@@H]4NS(N)(=O)=O)ns2)ccc1OC(C)C. The van der Waals surface area contributed by atoms with Crippen LogP contribution in [0.25, 0.3) is 26.8 Å². The van der Waals surface area contributed by atoms with E-state index in [1.165, 1.54) is 11.5 Å². The molecular weight excluding hydrogens is 434 g/mol. The summed E-state index contributed by atoms with van der Waals surface area (Å²) in [5.74, 6) is 1.13. The minimum Gasteiger partial charge on any atom is -0.502 e. The lowest BCUT2D eigenvalue weighted by atomic mass is 10.0. The second-order valence-electron chi connectivity index (χ2n) is 7.51. The Labute approximate surface area is 185 Å². The van der Waals surface area contributed by atoms with Crippen molar-refractivity contribution in [2.24, 2.45) is 5.14 Å². The van der Waals surface area contributed by atoms with Gasteiger partial charge in [0.15, 0.2) is 5.82 Å². The lowest BCUT2D eigenvalue weighted by Crippen LogP contribution is -2.33. The van der Waals surface area contributed by atoms with Gasteiger partial charge in [-0.3, -0.25) is 0 Å². The van der Waals surface area contributed by atoms with Crippen LogP contribution in [0.3, 0.4) is 0 Å². The second-order valence-corrected chi connectivity index (χ2v) is 9.59. The molecule has 0 fully saturated rings. The number of ether oxygens (including phenoxy) is 1. The van der Waals surface area contributed by atoms with Crippen molar-refractivity contribution in [1.82, 2.24) is 14.1 Å². The molecule has 4 rings (SSSR count). The number of hydrogen-bond acceptors (Lipinski definition) is 6. The van der Waals surface area contributed by atoms with E-state index in [9.17, 15) is 8.42 Å². The van der Waals surface area contributed by atoms with Crippen molar-refractivity contribution >= 4 is 27.4 Å². The normalized spacial score (nSPS) is 15.6. The molecule has 3 aromatic rings. The van der Waals surface area contributed by atoms with E-state index in [-0.39, 0.29) is 12.1 Å². The van der Waals surface area contributed by atoms with Crippen LogP contribution in [0.4, 0.5) is 5.69 Å². The van der Waals surface area contributed by atoms with Crippen LogP contribution in [0.2, 0.25) is 0 Å². The number of nitrogens with zero attached hydrogens (tertiary/aromatic N) is 3. The molecule has 10 heteroatoms. The van der Waals surface area contributed by atoms with Crippen molar-refractivity contribution in [3.05, 3.63) is 58.9 Å². The van der Waals surface area contributed by atoms with Gasteiger partial charge in [0.25, 0.3) is 10.2 Å². The zero-order valence-corrected chi connectivity index (χ0v) is 18.6. The van der Waals surface area contributed by atoms with Crippen LogP contribution in [0.1, 0.15) is 37.4 Å². The Bertz CT molecular complexity index is 1280. The minimum absolute atomic E-state index is 0.0211. The predicted molar refractivity (Wildman–Crippen MR) is 120 cm³/mol. The van der Waals surface area contributed by atoms with E-state index in [0.717, 1.165) is 22.3 Å². The second kappa shape index (κ2) is 8.36. The highest BCUT2D eigenvalue weighted by Crippen LogP contribution is 2.39. The van der Waals surface area contributed by atoms with Crippen molar-refractivity contribution in [2.75, 3.05) is 0 Å². The van der Waals surface area contributed by atoms with Gasteiger partial charge in [0.2, 0.25) is 5.69 Å². The summed E-state index contributed by atoms with van der Waals surface area (Å²) in [7, 11) is -3.79. The van der Waals surface area contributed by atoms with Gasteiger partial charge in [0, 0.05) is 17.2 Å². The van der Waals surface area contributed by atoms with E-state index in [1.54, 1.807) is 12.1 Å². The van der Waals surface area contributed by atoms with Crippen LogP contribution in [0.5, 0.6) is 5.75 Å². The number of rotatable bonds is 6. The first-order valence-electron chi connectivity index (χ1n) is 9.69. The zero-order valence-electron chi connectivity index (χ0n) is 17.0. The number of fused-ring (bicyclic) bond motifs is 1. The average molecular weight is 456 g/mol. The molecule has 3 N–H and O–H groups in total. The first kappa shape index (κ1) is 21.4. The zero-order chi connectivity index (χ0) is 22.2. The number of nitrogens with one attached hydrogen (secondary N) is 1. The van der Waals surface area contributed by atoms with Crippen molar-refractivity contribution in [1.29, 1.82) is 0 Å². The molecule has 0 bridgehead atoms. The van der Waals surface area contributed by atoms with Crippen LogP contribution in [-0.4, -0.2) is 23.9 Å². The summed E-state index contributed by atoms with van der Waals surface area (Å²) in [6, 6.07) is 10.8. The van der Waals surface area contributed by atoms with Crippen molar-refractivity contribution in [3.8, 4) is 27.7 Å². The summed E-state index contributed by atoms with van der Waals surface area (Å²) in [6.07, 6.45) is 1.31. The summed E-state index contributed by atoms with van der Waals surface area (Å²) >= 11 is 1.26. The molecule has 0 unspecified atom stereocenters. The number of aromatic nitrogens is 2. The molecule has 1 aromatic heterocycles. The van der Waals surface area contributed by atoms with Gasteiger partial charge in [-0.05, 0) is 61.5 Å². The molecule has 2 aromatic carbocycles. The standard InChI is InChI=1S/C21H21N5O3S2/c1-12(2)29-19-10-7-13(11-18(19)23-3)21-24-20(25-30-21)16-6-4-5-15-14(16)8-9-17(15)26-31(22,27)28/h4-7,10-12,17,26H,8-9H2,1-2H3,(H2,22,27,28)/t17-/m0/s1. The summed E-state index contributed by atoms with van der Waals surface area (Å²) in [5.41, 5.74) is 4.03. The Morgan fingerprint density at radius 2 is 2.13 bits per heavy atom. The van der Waals surface area contributed by atoms with E-state index in [1.807, 2.05) is 38.1 Å². The third kappa shape index (κ3) is 4.60. The van der Waals surface area contributed by atoms with Crippen LogP contribution in [0.15, 0.2) is 36.4 Å². The van der Waals surface area contributed by atoms with Gasteiger partial charge in [0.05, 0.1) is 12.7 Å². The topological polar surface area (TPSA) is 112 Å². The summed E-state index contributed by atoms with van der Waals surface area (Å²) < 4.78 is 35.6. The van der Waals surface area contributed by atoms with Crippen LogP contribution >= 0.6 is 11.5 Å². The molecule has 0 amide bonds. The molecule has 1 heterocycles. The molecule has 160 valence electrons. The molecule has 8 nitrogen and oxygen atoms in total. The monoisotopic (exact) mass is 455 g/mol. The lowest BCUT2D eigenvalue weighted by molar-refractivity contribution is 0.244. The van der Waals surface area contributed by atoms with Crippen molar-refractivity contribution in [2.45, 2.75) is 38.8 Å². The van der Waals surface area contributed by atoms with Gasteiger partial charge < -0.3 is 4.74 Å². The molecule has 0 spiro atoms. The molecule has 0 radical (unpaired) electrons.